The highest BCUT2D eigenvalue weighted by Gasteiger charge is 2.31. The van der Waals surface area contributed by atoms with Crippen molar-refractivity contribution < 1.29 is 4.79 Å². The highest BCUT2D eigenvalue weighted by Crippen LogP contribution is 2.39. The fraction of sp³-hybridized carbons (Fsp3) is 0.235. The molecule has 0 radical (unpaired) electrons. The summed E-state index contributed by atoms with van der Waals surface area (Å²) in [5, 5.41) is 0.764. The molecule has 3 rings (SSSR count). The number of hydrogen-bond donors (Lipinski definition) is 0. The number of rotatable bonds is 2. The van der Waals surface area contributed by atoms with E-state index in [0.29, 0.717) is 5.02 Å². The SMILES string of the molecule is Cc1ccc(C(=O)N2CCS[C@H]2c2cccc(Cl)c2)cc1. The molecule has 1 heterocycles. The Hall–Kier alpha value is -1.45. The van der Waals surface area contributed by atoms with Gasteiger partial charge in [0, 0.05) is 22.9 Å². The van der Waals surface area contributed by atoms with Gasteiger partial charge < -0.3 is 4.90 Å². The molecule has 1 atom stereocenters. The molecule has 0 saturated carbocycles. The molecule has 1 fully saturated rings. The average molecular weight is 318 g/mol. The van der Waals surface area contributed by atoms with E-state index >= 15 is 0 Å². The fourth-order valence-corrected chi connectivity index (χ4v) is 3.92. The molecular formula is C17H16ClNOS. The molecule has 1 aliphatic rings. The Kier molecular flexibility index (Phi) is 4.22. The van der Waals surface area contributed by atoms with Crippen LogP contribution in [0.25, 0.3) is 0 Å². The van der Waals surface area contributed by atoms with Crippen LogP contribution in [-0.2, 0) is 0 Å². The minimum atomic E-state index is 0.0532. The molecule has 1 aliphatic heterocycles. The van der Waals surface area contributed by atoms with Crippen molar-refractivity contribution in [1.29, 1.82) is 0 Å². The molecule has 108 valence electrons. The lowest BCUT2D eigenvalue weighted by Gasteiger charge is -2.24. The van der Waals surface area contributed by atoms with E-state index in [1.54, 1.807) is 11.8 Å². The second-order valence-electron chi connectivity index (χ2n) is 5.14. The molecule has 2 nitrogen and oxygen atoms in total. The van der Waals surface area contributed by atoms with Gasteiger partial charge in [0.25, 0.3) is 5.91 Å². The summed E-state index contributed by atoms with van der Waals surface area (Å²) >= 11 is 7.86. The number of carbonyl (C=O) groups is 1. The molecule has 4 heteroatoms. The van der Waals surface area contributed by atoms with Crippen LogP contribution in [0.5, 0.6) is 0 Å². The maximum Gasteiger partial charge on any atom is 0.255 e. The van der Waals surface area contributed by atoms with Crippen LogP contribution in [0.15, 0.2) is 48.5 Å². The number of halogens is 1. The molecule has 0 aromatic heterocycles. The summed E-state index contributed by atoms with van der Waals surface area (Å²) in [6.07, 6.45) is 0. The van der Waals surface area contributed by atoms with Crippen molar-refractivity contribution in [2.75, 3.05) is 12.3 Å². The number of benzene rings is 2. The van der Waals surface area contributed by atoms with E-state index in [1.807, 2.05) is 60.4 Å². The zero-order valence-electron chi connectivity index (χ0n) is 11.8. The number of aryl methyl sites for hydroxylation is 1. The van der Waals surface area contributed by atoms with Crippen molar-refractivity contribution in [2.45, 2.75) is 12.3 Å². The summed E-state index contributed by atoms with van der Waals surface area (Å²) in [4.78, 5) is 14.6. The predicted octanol–water partition coefficient (Wildman–Crippen LogP) is 4.54. The molecule has 1 amide bonds. The van der Waals surface area contributed by atoms with Crippen molar-refractivity contribution in [3.63, 3.8) is 0 Å². The first-order valence-electron chi connectivity index (χ1n) is 6.90. The van der Waals surface area contributed by atoms with Crippen LogP contribution in [0, 0.1) is 6.92 Å². The monoisotopic (exact) mass is 317 g/mol. The minimum absolute atomic E-state index is 0.0532. The van der Waals surface area contributed by atoms with Crippen molar-refractivity contribution in [1.82, 2.24) is 4.90 Å². The van der Waals surface area contributed by atoms with Crippen LogP contribution >= 0.6 is 23.4 Å². The average Bonchev–Trinajstić information content (AvgIpc) is 2.97. The van der Waals surface area contributed by atoms with Gasteiger partial charge in [0.15, 0.2) is 0 Å². The summed E-state index contributed by atoms with van der Waals surface area (Å²) in [7, 11) is 0. The van der Waals surface area contributed by atoms with E-state index in [4.69, 9.17) is 11.6 Å². The zero-order valence-corrected chi connectivity index (χ0v) is 13.3. The highest BCUT2D eigenvalue weighted by atomic mass is 35.5. The van der Waals surface area contributed by atoms with Gasteiger partial charge in [-0.25, -0.2) is 0 Å². The maximum atomic E-state index is 12.7. The standard InChI is InChI=1S/C17H16ClNOS/c1-12-5-7-13(8-6-12)16(20)19-9-10-21-17(19)14-3-2-4-15(18)11-14/h2-8,11,17H,9-10H2,1H3/t17-/m0/s1. The van der Waals surface area contributed by atoms with E-state index in [-0.39, 0.29) is 11.3 Å². The third-order valence-corrected chi connectivity index (χ3v) is 5.08. The fourth-order valence-electron chi connectivity index (χ4n) is 2.48. The predicted molar refractivity (Wildman–Crippen MR) is 88.9 cm³/mol. The number of nitrogens with zero attached hydrogens (tertiary/aromatic N) is 1. The summed E-state index contributed by atoms with van der Waals surface area (Å²) < 4.78 is 0. The van der Waals surface area contributed by atoms with Crippen LogP contribution in [0.4, 0.5) is 0 Å². The molecule has 0 unspecified atom stereocenters. The van der Waals surface area contributed by atoms with Crippen LogP contribution in [0.3, 0.4) is 0 Å². The smallest absolute Gasteiger partial charge is 0.255 e. The molecular weight excluding hydrogens is 302 g/mol. The van der Waals surface area contributed by atoms with Gasteiger partial charge in [-0.3, -0.25) is 4.79 Å². The Bertz CT molecular complexity index is 656. The summed E-state index contributed by atoms with van der Waals surface area (Å²) in [6, 6.07) is 15.5. The normalized spacial score (nSPS) is 18.0. The molecule has 0 N–H and O–H groups in total. The Morgan fingerprint density at radius 2 is 2.00 bits per heavy atom. The van der Waals surface area contributed by atoms with Gasteiger partial charge in [-0.1, -0.05) is 41.4 Å². The van der Waals surface area contributed by atoms with E-state index < -0.39 is 0 Å². The van der Waals surface area contributed by atoms with E-state index in [1.165, 1.54) is 0 Å². The van der Waals surface area contributed by atoms with Crippen molar-refractivity contribution in [2.24, 2.45) is 0 Å². The Morgan fingerprint density at radius 3 is 2.71 bits per heavy atom. The molecule has 0 spiro atoms. The van der Waals surface area contributed by atoms with E-state index in [2.05, 4.69) is 0 Å². The molecule has 21 heavy (non-hydrogen) atoms. The summed E-state index contributed by atoms with van der Waals surface area (Å²) in [5.74, 6) is 1.04. The second-order valence-corrected chi connectivity index (χ2v) is 6.77. The Balaban J connectivity index is 1.87. The van der Waals surface area contributed by atoms with E-state index in [9.17, 15) is 4.79 Å². The summed E-state index contributed by atoms with van der Waals surface area (Å²) in [6.45, 7) is 2.79. The van der Waals surface area contributed by atoms with Gasteiger partial charge in [-0.2, -0.15) is 0 Å². The topological polar surface area (TPSA) is 20.3 Å². The molecule has 0 aliphatic carbocycles. The Labute approximate surface area is 134 Å². The molecule has 1 saturated heterocycles. The number of carbonyl (C=O) groups excluding carboxylic acids is 1. The second kappa shape index (κ2) is 6.12. The highest BCUT2D eigenvalue weighted by molar-refractivity contribution is 7.99. The lowest BCUT2D eigenvalue weighted by molar-refractivity contribution is 0.0760. The van der Waals surface area contributed by atoms with Gasteiger partial charge >= 0.3 is 0 Å². The quantitative estimate of drug-likeness (QED) is 0.810. The minimum Gasteiger partial charge on any atom is -0.322 e. The third-order valence-electron chi connectivity index (χ3n) is 3.58. The van der Waals surface area contributed by atoms with E-state index in [0.717, 1.165) is 29.0 Å². The first kappa shape index (κ1) is 14.5. The van der Waals surface area contributed by atoms with Gasteiger partial charge in [0.1, 0.15) is 5.37 Å². The van der Waals surface area contributed by atoms with Gasteiger partial charge in [0.05, 0.1) is 0 Å². The number of amides is 1. The number of thioether (sulfide) groups is 1. The first-order chi connectivity index (χ1) is 10.1. The van der Waals surface area contributed by atoms with Crippen LogP contribution in [0.1, 0.15) is 26.9 Å². The maximum absolute atomic E-state index is 12.7. The molecule has 2 aromatic rings. The number of hydrogen-bond acceptors (Lipinski definition) is 2. The third kappa shape index (κ3) is 3.09. The van der Waals surface area contributed by atoms with Crippen molar-refractivity contribution >= 4 is 29.3 Å². The largest absolute Gasteiger partial charge is 0.322 e. The van der Waals surface area contributed by atoms with Crippen LogP contribution < -0.4 is 0 Å². The first-order valence-corrected chi connectivity index (χ1v) is 8.32. The van der Waals surface area contributed by atoms with Gasteiger partial charge in [0.2, 0.25) is 0 Å². The van der Waals surface area contributed by atoms with Gasteiger partial charge in [-0.05, 0) is 36.8 Å². The van der Waals surface area contributed by atoms with Crippen LogP contribution in [-0.4, -0.2) is 23.1 Å². The van der Waals surface area contributed by atoms with Crippen molar-refractivity contribution in [3.05, 3.63) is 70.2 Å². The van der Waals surface area contributed by atoms with Gasteiger partial charge in [-0.15, -0.1) is 11.8 Å². The lowest BCUT2D eigenvalue weighted by atomic mass is 10.1. The lowest BCUT2D eigenvalue weighted by Crippen LogP contribution is -2.30. The molecule has 0 bridgehead atoms. The van der Waals surface area contributed by atoms with Crippen LogP contribution in [0.2, 0.25) is 5.02 Å². The zero-order chi connectivity index (χ0) is 14.8. The van der Waals surface area contributed by atoms with Crippen molar-refractivity contribution in [3.8, 4) is 0 Å². The Morgan fingerprint density at radius 1 is 1.24 bits per heavy atom. The summed E-state index contributed by atoms with van der Waals surface area (Å²) in [5.41, 5.74) is 2.99. The molecule has 2 aromatic carbocycles.